The van der Waals surface area contributed by atoms with Gasteiger partial charge in [-0.15, -0.1) is 5.10 Å². The zero-order valence-corrected chi connectivity index (χ0v) is 12.4. The zero-order valence-electron chi connectivity index (χ0n) is 12.4. The molecule has 0 unspecified atom stereocenters. The quantitative estimate of drug-likeness (QED) is 0.635. The number of aliphatic imine (C=N–C) groups is 1. The molecule has 21 heavy (non-hydrogen) atoms. The predicted octanol–water partition coefficient (Wildman–Crippen LogP) is 1.09. The Hall–Kier alpha value is -2.57. The van der Waals surface area contributed by atoms with Crippen molar-refractivity contribution in [2.45, 2.75) is 26.4 Å². The van der Waals surface area contributed by atoms with Gasteiger partial charge in [-0.2, -0.15) is 0 Å². The van der Waals surface area contributed by atoms with Crippen LogP contribution in [0.4, 0.5) is 0 Å². The van der Waals surface area contributed by atoms with E-state index in [-0.39, 0.29) is 6.04 Å². The number of nitrogens with two attached hydrogens (primary N) is 1. The van der Waals surface area contributed by atoms with Gasteiger partial charge in [0.05, 0.1) is 25.5 Å². The Kier molecular flexibility index (Phi) is 4.76. The second-order valence-electron chi connectivity index (χ2n) is 4.85. The molecule has 0 aliphatic heterocycles. The van der Waals surface area contributed by atoms with E-state index in [1.807, 2.05) is 44.3 Å². The third kappa shape index (κ3) is 4.20. The van der Waals surface area contributed by atoms with Gasteiger partial charge in [-0.25, -0.2) is 9.67 Å². The number of hydrogen-bond donors (Lipinski definition) is 2. The lowest BCUT2D eigenvalue weighted by molar-refractivity contribution is 0.414. The van der Waals surface area contributed by atoms with E-state index < -0.39 is 0 Å². The topological polar surface area (TPSA) is 90.3 Å². The van der Waals surface area contributed by atoms with Gasteiger partial charge in [0.25, 0.3) is 0 Å². The van der Waals surface area contributed by atoms with Gasteiger partial charge in [0.15, 0.2) is 5.96 Å². The lowest BCUT2D eigenvalue weighted by Crippen LogP contribution is -2.36. The molecule has 1 aromatic carbocycles. The van der Waals surface area contributed by atoms with Crippen molar-refractivity contribution >= 4 is 5.96 Å². The number of ether oxygens (including phenoxy) is 1. The SMILES string of the molecule is COc1ccc(-n2cc(CN=C(N)NC(C)C)nn2)cc1. The highest BCUT2D eigenvalue weighted by molar-refractivity contribution is 5.77. The average molecular weight is 288 g/mol. The molecule has 2 aromatic rings. The van der Waals surface area contributed by atoms with Crippen molar-refractivity contribution in [2.75, 3.05) is 7.11 Å². The van der Waals surface area contributed by atoms with Crippen LogP contribution in [0.3, 0.4) is 0 Å². The molecule has 0 aliphatic carbocycles. The Morgan fingerprint density at radius 2 is 2.10 bits per heavy atom. The van der Waals surface area contributed by atoms with E-state index >= 15 is 0 Å². The van der Waals surface area contributed by atoms with Gasteiger partial charge in [-0.3, -0.25) is 0 Å². The van der Waals surface area contributed by atoms with E-state index in [1.165, 1.54) is 0 Å². The van der Waals surface area contributed by atoms with Crippen molar-refractivity contribution in [2.24, 2.45) is 10.7 Å². The third-order valence-corrected chi connectivity index (χ3v) is 2.73. The second kappa shape index (κ2) is 6.74. The molecule has 0 fully saturated rings. The Labute approximate surface area is 123 Å². The van der Waals surface area contributed by atoms with E-state index in [0.29, 0.717) is 12.5 Å². The van der Waals surface area contributed by atoms with Crippen LogP contribution in [0.25, 0.3) is 5.69 Å². The van der Waals surface area contributed by atoms with Gasteiger partial charge in [-0.1, -0.05) is 5.21 Å². The van der Waals surface area contributed by atoms with Crippen LogP contribution in [0, 0.1) is 0 Å². The highest BCUT2D eigenvalue weighted by Gasteiger charge is 2.03. The number of nitrogens with one attached hydrogen (secondary N) is 1. The van der Waals surface area contributed by atoms with Crippen molar-refractivity contribution in [1.82, 2.24) is 20.3 Å². The molecule has 112 valence electrons. The normalized spacial score (nSPS) is 11.7. The van der Waals surface area contributed by atoms with Gasteiger partial charge in [-0.05, 0) is 38.1 Å². The van der Waals surface area contributed by atoms with Crippen molar-refractivity contribution in [3.05, 3.63) is 36.2 Å². The molecule has 2 rings (SSSR count). The smallest absolute Gasteiger partial charge is 0.189 e. The van der Waals surface area contributed by atoms with E-state index in [4.69, 9.17) is 10.5 Å². The Balaban J connectivity index is 2.03. The molecule has 0 spiro atoms. The minimum absolute atomic E-state index is 0.253. The maximum absolute atomic E-state index is 5.74. The zero-order chi connectivity index (χ0) is 15.2. The molecule has 7 heteroatoms. The monoisotopic (exact) mass is 288 g/mol. The molecule has 0 atom stereocenters. The fourth-order valence-corrected chi connectivity index (χ4v) is 1.74. The number of nitrogens with zero attached hydrogens (tertiary/aromatic N) is 4. The summed E-state index contributed by atoms with van der Waals surface area (Å²) in [5.41, 5.74) is 7.40. The highest BCUT2D eigenvalue weighted by Crippen LogP contribution is 2.14. The van der Waals surface area contributed by atoms with Gasteiger partial charge in [0.1, 0.15) is 11.4 Å². The molecule has 0 bridgehead atoms. The van der Waals surface area contributed by atoms with Crippen LogP contribution >= 0.6 is 0 Å². The standard InChI is InChI=1S/C14H20N6O/c1-10(2)17-14(15)16-8-11-9-20(19-18-11)12-4-6-13(21-3)7-5-12/h4-7,9-10H,8H2,1-3H3,(H3,15,16,17). The van der Waals surface area contributed by atoms with Crippen molar-refractivity contribution in [3.8, 4) is 11.4 Å². The molecule has 0 saturated heterocycles. The molecule has 0 amide bonds. The first-order valence-corrected chi connectivity index (χ1v) is 6.70. The summed E-state index contributed by atoms with van der Waals surface area (Å²) in [7, 11) is 1.64. The number of guanidine groups is 1. The minimum atomic E-state index is 0.253. The van der Waals surface area contributed by atoms with Crippen LogP contribution in [-0.2, 0) is 6.54 Å². The molecular formula is C14H20N6O. The number of aromatic nitrogens is 3. The van der Waals surface area contributed by atoms with E-state index in [0.717, 1.165) is 17.1 Å². The molecule has 0 aliphatic rings. The van der Waals surface area contributed by atoms with Crippen molar-refractivity contribution in [1.29, 1.82) is 0 Å². The van der Waals surface area contributed by atoms with Crippen molar-refractivity contribution in [3.63, 3.8) is 0 Å². The van der Waals surface area contributed by atoms with Crippen LogP contribution in [0.2, 0.25) is 0 Å². The molecular weight excluding hydrogens is 268 g/mol. The number of methoxy groups -OCH3 is 1. The van der Waals surface area contributed by atoms with E-state index in [9.17, 15) is 0 Å². The van der Waals surface area contributed by atoms with Gasteiger partial charge >= 0.3 is 0 Å². The molecule has 0 radical (unpaired) electrons. The first-order chi connectivity index (χ1) is 10.1. The highest BCUT2D eigenvalue weighted by atomic mass is 16.5. The average Bonchev–Trinajstić information content (AvgIpc) is 2.93. The minimum Gasteiger partial charge on any atom is -0.497 e. The molecule has 3 N–H and O–H groups in total. The second-order valence-corrected chi connectivity index (χ2v) is 4.85. The van der Waals surface area contributed by atoms with Gasteiger partial charge in [0, 0.05) is 6.04 Å². The summed E-state index contributed by atoms with van der Waals surface area (Å²) in [6, 6.07) is 7.83. The lowest BCUT2D eigenvalue weighted by Gasteiger charge is -2.07. The molecule has 1 heterocycles. The van der Waals surface area contributed by atoms with E-state index in [2.05, 4.69) is 20.6 Å². The number of benzene rings is 1. The summed E-state index contributed by atoms with van der Waals surface area (Å²) in [6.07, 6.45) is 1.83. The van der Waals surface area contributed by atoms with Crippen LogP contribution < -0.4 is 15.8 Å². The summed E-state index contributed by atoms with van der Waals surface area (Å²) >= 11 is 0. The Morgan fingerprint density at radius 1 is 1.38 bits per heavy atom. The summed E-state index contributed by atoms with van der Waals surface area (Å²) in [4.78, 5) is 4.22. The lowest BCUT2D eigenvalue weighted by atomic mass is 10.3. The molecule has 0 saturated carbocycles. The Morgan fingerprint density at radius 3 is 2.71 bits per heavy atom. The van der Waals surface area contributed by atoms with Gasteiger partial charge in [0.2, 0.25) is 0 Å². The number of rotatable bonds is 5. The first kappa shape index (κ1) is 14.8. The number of hydrogen-bond acceptors (Lipinski definition) is 4. The first-order valence-electron chi connectivity index (χ1n) is 6.70. The summed E-state index contributed by atoms with van der Waals surface area (Å²) < 4.78 is 6.81. The summed E-state index contributed by atoms with van der Waals surface area (Å²) in [6.45, 7) is 4.40. The van der Waals surface area contributed by atoms with Crippen molar-refractivity contribution < 1.29 is 4.74 Å². The van der Waals surface area contributed by atoms with Crippen LogP contribution in [0.1, 0.15) is 19.5 Å². The fourth-order valence-electron chi connectivity index (χ4n) is 1.74. The Bertz CT molecular complexity index is 602. The summed E-state index contributed by atoms with van der Waals surface area (Å²) in [5.74, 6) is 1.21. The molecule has 1 aromatic heterocycles. The third-order valence-electron chi connectivity index (χ3n) is 2.73. The van der Waals surface area contributed by atoms with E-state index in [1.54, 1.807) is 11.8 Å². The maximum Gasteiger partial charge on any atom is 0.189 e. The van der Waals surface area contributed by atoms with Crippen LogP contribution in [0.5, 0.6) is 5.75 Å². The van der Waals surface area contributed by atoms with Crippen LogP contribution in [0.15, 0.2) is 35.5 Å². The largest absolute Gasteiger partial charge is 0.497 e. The predicted molar refractivity (Wildman–Crippen MR) is 81.5 cm³/mol. The maximum atomic E-state index is 5.74. The molecule has 7 nitrogen and oxygen atoms in total. The van der Waals surface area contributed by atoms with Crippen LogP contribution in [-0.4, -0.2) is 34.1 Å². The fraction of sp³-hybridized carbons (Fsp3) is 0.357. The summed E-state index contributed by atoms with van der Waals surface area (Å²) in [5, 5.41) is 11.2. The van der Waals surface area contributed by atoms with Gasteiger partial charge < -0.3 is 15.8 Å².